The van der Waals surface area contributed by atoms with E-state index in [9.17, 15) is 9.90 Å². The Morgan fingerprint density at radius 2 is 1.95 bits per heavy atom. The molecule has 0 aromatic carbocycles. The molecule has 0 aliphatic rings. The van der Waals surface area contributed by atoms with Crippen molar-refractivity contribution in [3.8, 4) is 5.88 Å². The third kappa shape index (κ3) is 6.03. The van der Waals surface area contributed by atoms with Gasteiger partial charge in [-0.05, 0) is 24.9 Å². The molecule has 0 radical (unpaired) electrons. The van der Waals surface area contributed by atoms with Crippen molar-refractivity contribution in [1.29, 1.82) is 0 Å². The quantitative estimate of drug-likeness (QED) is 0.627. The van der Waals surface area contributed by atoms with Gasteiger partial charge in [-0.3, -0.25) is 4.79 Å². The zero-order valence-electron chi connectivity index (χ0n) is 13.6. The van der Waals surface area contributed by atoms with E-state index in [1.165, 1.54) is 0 Å². The van der Waals surface area contributed by atoms with Gasteiger partial charge in [0.05, 0.1) is 5.92 Å². The highest BCUT2D eigenvalue weighted by atomic mass is 16.7. The van der Waals surface area contributed by atoms with E-state index in [2.05, 4.69) is 5.16 Å². The minimum Gasteiger partial charge on any atom is -0.481 e. The second-order valence-electron chi connectivity index (χ2n) is 5.18. The van der Waals surface area contributed by atoms with E-state index in [0.717, 1.165) is 0 Å². The number of nitrogens with zero attached hydrogens (tertiary/aromatic N) is 1. The molecule has 0 aliphatic heterocycles. The van der Waals surface area contributed by atoms with Crippen molar-refractivity contribution in [2.45, 2.75) is 40.4 Å². The number of carboxylic acid groups (broad SMARTS) is 1. The molecule has 22 heavy (non-hydrogen) atoms. The zero-order valence-corrected chi connectivity index (χ0v) is 13.6. The summed E-state index contributed by atoms with van der Waals surface area (Å²) in [6, 6.07) is 1.60. The average molecular weight is 315 g/mol. The molecule has 1 unspecified atom stereocenters. The fourth-order valence-electron chi connectivity index (χ4n) is 1.95. The first-order chi connectivity index (χ1) is 10.5. The summed E-state index contributed by atoms with van der Waals surface area (Å²) in [7, 11) is 0. The predicted octanol–water partition coefficient (Wildman–Crippen LogP) is 2.35. The molecule has 126 valence electrons. The van der Waals surface area contributed by atoms with E-state index in [4.69, 9.17) is 18.7 Å². The maximum absolute atomic E-state index is 11.2. The van der Waals surface area contributed by atoms with Crippen LogP contribution in [0.5, 0.6) is 5.88 Å². The highest BCUT2D eigenvalue weighted by molar-refractivity contribution is 5.70. The van der Waals surface area contributed by atoms with Crippen LogP contribution in [0.1, 0.15) is 33.5 Å². The zero-order chi connectivity index (χ0) is 16.5. The predicted molar refractivity (Wildman–Crippen MR) is 78.7 cm³/mol. The van der Waals surface area contributed by atoms with Crippen molar-refractivity contribution < 1.29 is 28.6 Å². The van der Waals surface area contributed by atoms with Gasteiger partial charge in [0.25, 0.3) is 5.88 Å². The van der Waals surface area contributed by atoms with Crippen molar-refractivity contribution in [3.05, 3.63) is 11.8 Å². The van der Waals surface area contributed by atoms with Gasteiger partial charge in [0.15, 0.2) is 6.29 Å². The van der Waals surface area contributed by atoms with Gasteiger partial charge in [-0.1, -0.05) is 13.8 Å². The van der Waals surface area contributed by atoms with Gasteiger partial charge in [-0.2, -0.15) is 0 Å². The van der Waals surface area contributed by atoms with Crippen LogP contribution in [0.25, 0.3) is 0 Å². The molecular weight excluding hydrogens is 290 g/mol. The summed E-state index contributed by atoms with van der Waals surface area (Å²) in [4.78, 5) is 11.2. The van der Waals surface area contributed by atoms with Gasteiger partial charge in [0.2, 0.25) is 0 Å². The number of carboxylic acids is 1. The van der Waals surface area contributed by atoms with Gasteiger partial charge >= 0.3 is 5.97 Å². The van der Waals surface area contributed by atoms with Crippen molar-refractivity contribution >= 4 is 5.97 Å². The van der Waals surface area contributed by atoms with Crippen molar-refractivity contribution in [1.82, 2.24) is 5.16 Å². The minimum absolute atomic E-state index is 0.00672. The number of aromatic nitrogens is 1. The number of aliphatic carboxylic acids is 1. The summed E-state index contributed by atoms with van der Waals surface area (Å²) >= 11 is 0. The van der Waals surface area contributed by atoms with Crippen LogP contribution >= 0.6 is 0 Å². The summed E-state index contributed by atoms with van der Waals surface area (Å²) in [6.07, 6.45) is -0.179. The van der Waals surface area contributed by atoms with Gasteiger partial charge in [-0.25, -0.2) is 0 Å². The molecule has 1 atom stereocenters. The minimum atomic E-state index is -0.846. The lowest BCUT2D eigenvalue weighted by Crippen LogP contribution is -2.25. The molecular formula is C15H25NO6. The highest BCUT2D eigenvalue weighted by Gasteiger charge is 2.24. The molecule has 0 bridgehead atoms. The van der Waals surface area contributed by atoms with E-state index < -0.39 is 18.2 Å². The summed E-state index contributed by atoms with van der Waals surface area (Å²) in [5, 5.41) is 13.0. The van der Waals surface area contributed by atoms with Crippen LogP contribution in [-0.4, -0.2) is 42.3 Å². The Hall–Kier alpha value is -1.60. The lowest BCUT2D eigenvalue weighted by atomic mass is 9.92. The van der Waals surface area contributed by atoms with E-state index >= 15 is 0 Å². The van der Waals surface area contributed by atoms with Crippen molar-refractivity contribution in [3.63, 3.8) is 0 Å². The smallest absolute Gasteiger partial charge is 0.307 e. The van der Waals surface area contributed by atoms with Crippen LogP contribution in [0, 0.1) is 11.8 Å². The first kappa shape index (κ1) is 18.4. The maximum atomic E-state index is 11.2. The molecule has 0 aliphatic carbocycles. The first-order valence-corrected chi connectivity index (χ1v) is 7.52. The van der Waals surface area contributed by atoms with Crippen LogP contribution in [0.15, 0.2) is 10.6 Å². The molecule has 1 heterocycles. The van der Waals surface area contributed by atoms with Crippen molar-refractivity contribution in [2.75, 3.05) is 19.8 Å². The second kappa shape index (κ2) is 9.42. The third-order valence-electron chi connectivity index (χ3n) is 3.15. The average Bonchev–Trinajstić information content (AvgIpc) is 2.90. The van der Waals surface area contributed by atoms with Gasteiger partial charge in [-0.15, -0.1) is 0 Å². The Morgan fingerprint density at radius 1 is 1.32 bits per heavy atom. The summed E-state index contributed by atoms with van der Waals surface area (Å²) < 4.78 is 21.3. The molecule has 7 heteroatoms. The summed E-state index contributed by atoms with van der Waals surface area (Å²) in [5.41, 5.74) is 0. The Kier molecular flexibility index (Phi) is 7.90. The molecule has 1 rings (SSSR count). The standard InChI is InChI=1S/C15H25NO6/c1-5-19-14(20-6-2)9-21-13-8-11(22-16-13)7-12(10(3)4)15(17)18/h8,10,12,14H,5-7,9H2,1-4H3,(H,17,18). The van der Waals surface area contributed by atoms with Crippen LogP contribution in [-0.2, 0) is 20.7 Å². The number of hydrogen-bond acceptors (Lipinski definition) is 6. The monoisotopic (exact) mass is 315 g/mol. The largest absolute Gasteiger partial charge is 0.481 e. The van der Waals surface area contributed by atoms with Gasteiger partial charge in [0, 0.05) is 25.7 Å². The Bertz CT molecular complexity index is 439. The lowest BCUT2D eigenvalue weighted by Gasteiger charge is -2.16. The molecule has 0 saturated carbocycles. The molecule has 1 aromatic heterocycles. The van der Waals surface area contributed by atoms with E-state index in [0.29, 0.717) is 24.9 Å². The summed E-state index contributed by atoms with van der Waals surface area (Å²) in [5.74, 6) is -0.568. The van der Waals surface area contributed by atoms with E-state index in [1.807, 2.05) is 27.7 Å². The van der Waals surface area contributed by atoms with E-state index in [1.54, 1.807) is 6.07 Å². The molecule has 0 amide bonds. The number of hydrogen-bond donors (Lipinski definition) is 1. The summed E-state index contributed by atoms with van der Waals surface area (Å²) in [6.45, 7) is 8.71. The topological polar surface area (TPSA) is 91.0 Å². The second-order valence-corrected chi connectivity index (χ2v) is 5.18. The molecule has 7 nitrogen and oxygen atoms in total. The molecule has 1 N–H and O–H groups in total. The Balaban J connectivity index is 2.54. The number of carbonyl (C=O) groups is 1. The van der Waals surface area contributed by atoms with Crippen LogP contribution in [0.4, 0.5) is 0 Å². The van der Waals surface area contributed by atoms with Crippen LogP contribution in [0.3, 0.4) is 0 Å². The first-order valence-electron chi connectivity index (χ1n) is 7.52. The Morgan fingerprint density at radius 3 is 2.45 bits per heavy atom. The highest BCUT2D eigenvalue weighted by Crippen LogP contribution is 2.20. The van der Waals surface area contributed by atoms with Gasteiger partial charge < -0.3 is 23.8 Å². The molecule has 0 fully saturated rings. The fraction of sp³-hybridized carbons (Fsp3) is 0.733. The fourth-order valence-corrected chi connectivity index (χ4v) is 1.95. The SMILES string of the molecule is CCOC(COc1cc(CC(C(=O)O)C(C)C)on1)OCC. The normalized spacial score (nSPS) is 12.8. The molecule has 1 aromatic rings. The van der Waals surface area contributed by atoms with E-state index in [-0.39, 0.29) is 18.9 Å². The Labute approximate surface area is 130 Å². The van der Waals surface area contributed by atoms with Crippen LogP contribution in [0.2, 0.25) is 0 Å². The maximum Gasteiger partial charge on any atom is 0.307 e. The van der Waals surface area contributed by atoms with Gasteiger partial charge in [0.1, 0.15) is 12.4 Å². The van der Waals surface area contributed by atoms with Crippen LogP contribution < -0.4 is 4.74 Å². The molecule has 0 spiro atoms. The number of ether oxygens (including phenoxy) is 3. The lowest BCUT2D eigenvalue weighted by molar-refractivity contribution is -0.153. The number of rotatable bonds is 11. The third-order valence-corrected chi connectivity index (χ3v) is 3.15. The van der Waals surface area contributed by atoms with Crippen molar-refractivity contribution in [2.24, 2.45) is 11.8 Å². The molecule has 0 saturated heterocycles.